The van der Waals surface area contributed by atoms with Crippen LogP contribution in [0, 0.1) is 21.4 Å². The molecule has 1 N–H and O–H groups in total. The highest BCUT2D eigenvalue weighted by Crippen LogP contribution is 2.44. The van der Waals surface area contributed by atoms with E-state index in [0.717, 1.165) is 24.8 Å². The van der Waals surface area contributed by atoms with Gasteiger partial charge in [0.1, 0.15) is 0 Å². The Hall–Kier alpha value is -1.91. The molecule has 2 rings (SSSR count). The Balaban J connectivity index is 2.27. The zero-order valence-electron chi connectivity index (χ0n) is 12.0. The molecule has 0 heterocycles. The van der Waals surface area contributed by atoms with Crippen LogP contribution in [0.5, 0.6) is 0 Å². The number of aliphatic carboxylic acids is 1. The Kier molecular flexibility index (Phi) is 4.94. The van der Waals surface area contributed by atoms with E-state index in [-0.39, 0.29) is 11.5 Å². The van der Waals surface area contributed by atoms with Gasteiger partial charge >= 0.3 is 5.97 Å². The molecule has 1 saturated carbocycles. The summed E-state index contributed by atoms with van der Waals surface area (Å²) in [4.78, 5) is 22.5. The number of carboxylic acid groups (broad SMARTS) is 1. The number of hydrogen-bond acceptors (Lipinski definition) is 3. The fourth-order valence-corrected chi connectivity index (χ4v) is 3.55. The number of carbonyl (C=O) groups is 1. The van der Waals surface area contributed by atoms with E-state index in [1.54, 1.807) is 0 Å². The molecule has 1 unspecified atom stereocenters. The first kappa shape index (κ1) is 15.5. The molecule has 0 radical (unpaired) electrons. The molecule has 1 fully saturated rings. The molecule has 1 atom stereocenters. The van der Waals surface area contributed by atoms with Crippen molar-refractivity contribution in [1.82, 2.24) is 0 Å². The fraction of sp³-hybridized carbons (Fsp3) is 0.562. The van der Waals surface area contributed by atoms with Crippen LogP contribution in [0.25, 0.3) is 0 Å². The van der Waals surface area contributed by atoms with Crippen molar-refractivity contribution in [2.45, 2.75) is 38.5 Å². The van der Waals surface area contributed by atoms with Gasteiger partial charge in [0.25, 0.3) is 0 Å². The van der Waals surface area contributed by atoms with Gasteiger partial charge in [-0.15, -0.1) is 0 Å². The number of hydrogen-bond donors (Lipinski definition) is 1. The predicted molar refractivity (Wildman–Crippen MR) is 78.7 cm³/mol. The summed E-state index contributed by atoms with van der Waals surface area (Å²) in [6.45, 7) is -0.239. The smallest absolute Gasteiger partial charge is 0.307 e. The van der Waals surface area contributed by atoms with Crippen molar-refractivity contribution >= 4 is 5.97 Å². The van der Waals surface area contributed by atoms with E-state index >= 15 is 0 Å². The maximum absolute atomic E-state index is 11.8. The highest BCUT2D eigenvalue weighted by Gasteiger charge is 2.47. The van der Waals surface area contributed by atoms with Crippen molar-refractivity contribution < 1.29 is 14.8 Å². The van der Waals surface area contributed by atoms with Crippen LogP contribution in [0.2, 0.25) is 0 Å². The van der Waals surface area contributed by atoms with Crippen LogP contribution in [-0.4, -0.2) is 22.5 Å². The molecule has 0 bridgehead atoms. The summed E-state index contributed by atoms with van der Waals surface area (Å²) >= 11 is 0. The van der Waals surface area contributed by atoms with Crippen LogP contribution in [0.3, 0.4) is 0 Å². The monoisotopic (exact) mass is 291 g/mol. The lowest BCUT2D eigenvalue weighted by Crippen LogP contribution is -2.44. The summed E-state index contributed by atoms with van der Waals surface area (Å²) in [6.07, 6.45) is 4.44. The molecule has 5 heteroatoms. The van der Waals surface area contributed by atoms with Crippen molar-refractivity contribution in [3.63, 3.8) is 0 Å². The van der Waals surface area contributed by atoms with Crippen molar-refractivity contribution in [3.05, 3.63) is 46.0 Å². The quantitative estimate of drug-likeness (QED) is 0.645. The molecule has 0 aliphatic heterocycles. The zero-order valence-corrected chi connectivity index (χ0v) is 12.0. The number of benzene rings is 1. The third kappa shape index (κ3) is 3.80. The lowest BCUT2D eigenvalue weighted by molar-refractivity contribution is -0.501. The number of nitrogens with zero attached hydrogens (tertiary/aromatic N) is 1. The minimum atomic E-state index is -0.914. The maximum atomic E-state index is 11.8. The summed E-state index contributed by atoms with van der Waals surface area (Å²) in [5, 5.41) is 20.7. The van der Waals surface area contributed by atoms with Crippen LogP contribution in [0.4, 0.5) is 0 Å². The van der Waals surface area contributed by atoms with E-state index in [0.29, 0.717) is 19.3 Å². The van der Waals surface area contributed by atoms with Crippen molar-refractivity contribution in [2.24, 2.45) is 11.3 Å². The molecule has 5 nitrogen and oxygen atoms in total. The average Bonchev–Trinajstić information content (AvgIpc) is 2.45. The van der Waals surface area contributed by atoms with E-state index in [9.17, 15) is 20.0 Å². The Morgan fingerprint density at radius 3 is 2.38 bits per heavy atom. The molecule has 1 aromatic rings. The van der Waals surface area contributed by atoms with E-state index in [4.69, 9.17) is 0 Å². The molecule has 0 aromatic heterocycles. The average molecular weight is 291 g/mol. The minimum Gasteiger partial charge on any atom is -0.481 e. The van der Waals surface area contributed by atoms with Crippen LogP contribution in [0.15, 0.2) is 30.3 Å². The van der Waals surface area contributed by atoms with E-state index < -0.39 is 17.3 Å². The van der Waals surface area contributed by atoms with Gasteiger partial charge in [-0.3, -0.25) is 14.9 Å². The second kappa shape index (κ2) is 6.70. The van der Waals surface area contributed by atoms with Gasteiger partial charge in [0, 0.05) is 10.3 Å². The van der Waals surface area contributed by atoms with Crippen LogP contribution in [0.1, 0.15) is 37.7 Å². The Morgan fingerprint density at radius 2 is 1.86 bits per heavy atom. The Bertz CT molecular complexity index is 494. The fourth-order valence-electron chi connectivity index (χ4n) is 3.55. The third-order valence-corrected chi connectivity index (χ3v) is 4.61. The first-order valence-electron chi connectivity index (χ1n) is 7.42. The van der Waals surface area contributed by atoms with Crippen LogP contribution < -0.4 is 0 Å². The van der Waals surface area contributed by atoms with Gasteiger partial charge in [-0.2, -0.15) is 0 Å². The second-order valence-electron chi connectivity index (χ2n) is 5.99. The van der Waals surface area contributed by atoms with Gasteiger partial charge in [0.2, 0.25) is 6.54 Å². The van der Waals surface area contributed by atoms with Gasteiger partial charge in [-0.05, 0) is 24.8 Å². The Labute approximate surface area is 124 Å². The van der Waals surface area contributed by atoms with Gasteiger partial charge in [0.05, 0.1) is 5.92 Å². The molecule has 114 valence electrons. The molecule has 0 saturated heterocycles. The molecule has 0 spiro atoms. The van der Waals surface area contributed by atoms with E-state index in [1.165, 1.54) is 0 Å². The zero-order chi connectivity index (χ0) is 15.3. The summed E-state index contributed by atoms with van der Waals surface area (Å²) < 4.78 is 0. The highest BCUT2D eigenvalue weighted by atomic mass is 16.6. The molecule has 0 amide bonds. The van der Waals surface area contributed by atoms with Crippen molar-refractivity contribution in [3.8, 4) is 0 Å². The molecule has 1 aromatic carbocycles. The van der Waals surface area contributed by atoms with Gasteiger partial charge in [-0.1, -0.05) is 49.6 Å². The lowest BCUT2D eigenvalue weighted by Gasteiger charge is -2.38. The number of nitro groups is 1. The summed E-state index contributed by atoms with van der Waals surface area (Å²) in [7, 11) is 0. The molecule has 1 aliphatic rings. The minimum absolute atomic E-state index is 0.239. The molecule has 21 heavy (non-hydrogen) atoms. The first-order valence-corrected chi connectivity index (χ1v) is 7.42. The normalized spacial score (nSPS) is 18.9. The summed E-state index contributed by atoms with van der Waals surface area (Å²) in [5.74, 6) is -1.60. The van der Waals surface area contributed by atoms with Crippen molar-refractivity contribution in [1.29, 1.82) is 0 Å². The standard InChI is InChI=1S/C16H21NO4/c18-15(19)14(11-13-7-3-1-4-8-13)16(12-17(20)21)9-5-2-6-10-16/h1,3-4,7-8,14H,2,5-6,9-12H2,(H,18,19). The topological polar surface area (TPSA) is 80.4 Å². The largest absolute Gasteiger partial charge is 0.481 e. The predicted octanol–water partition coefficient (Wildman–Crippen LogP) is 3.16. The van der Waals surface area contributed by atoms with Crippen LogP contribution >= 0.6 is 0 Å². The molecular formula is C16H21NO4. The van der Waals surface area contributed by atoms with E-state index in [1.807, 2.05) is 30.3 Å². The number of carboxylic acids is 1. The first-order chi connectivity index (χ1) is 10.0. The maximum Gasteiger partial charge on any atom is 0.307 e. The Morgan fingerprint density at radius 1 is 1.24 bits per heavy atom. The lowest BCUT2D eigenvalue weighted by atomic mass is 9.64. The summed E-state index contributed by atoms with van der Waals surface area (Å²) in [6, 6.07) is 9.40. The van der Waals surface area contributed by atoms with Gasteiger partial charge in [-0.25, -0.2) is 0 Å². The number of rotatable bonds is 6. The third-order valence-electron chi connectivity index (χ3n) is 4.61. The summed E-state index contributed by atoms with van der Waals surface area (Å²) in [5.41, 5.74) is 0.224. The van der Waals surface area contributed by atoms with Gasteiger partial charge in [0.15, 0.2) is 0 Å². The molecular weight excluding hydrogens is 270 g/mol. The van der Waals surface area contributed by atoms with E-state index in [2.05, 4.69) is 0 Å². The second-order valence-corrected chi connectivity index (χ2v) is 5.99. The molecule has 1 aliphatic carbocycles. The van der Waals surface area contributed by atoms with Crippen LogP contribution in [-0.2, 0) is 11.2 Å². The van der Waals surface area contributed by atoms with Crippen molar-refractivity contribution in [2.75, 3.05) is 6.54 Å². The SMILES string of the molecule is O=C(O)C(Cc1ccccc1)C1(C[N+](=O)[O-])CCCCC1. The van der Waals surface area contributed by atoms with Gasteiger partial charge < -0.3 is 5.11 Å². The highest BCUT2D eigenvalue weighted by molar-refractivity contribution is 5.71.